The lowest BCUT2D eigenvalue weighted by Crippen LogP contribution is -2.36. The number of benzene rings is 2. The second-order valence-electron chi connectivity index (χ2n) is 9.15. The summed E-state index contributed by atoms with van der Waals surface area (Å²) in [6, 6.07) is 14.3. The van der Waals surface area contributed by atoms with Crippen molar-refractivity contribution in [2.75, 3.05) is 24.6 Å². The predicted octanol–water partition coefficient (Wildman–Crippen LogP) is 5.34. The van der Waals surface area contributed by atoms with Gasteiger partial charge in [-0.25, -0.2) is 0 Å². The fourth-order valence-electron chi connectivity index (χ4n) is 4.41. The van der Waals surface area contributed by atoms with Gasteiger partial charge in [0.05, 0.1) is 0 Å². The first-order valence-corrected chi connectivity index (χ1v) is 14.3. The van der Waals surface area contributed by atoms with Crippen LogP contribution in [0.4, 0.5) is 0 Å². The number of hydrogen-bond donors (Lipinski definition) is 4. The van der Waals surface area contributed by atoms with Gasteiger partial charge in [0.15, 0.2) is 0 Å². The molecule has 0 unspecified atom stereocenters. The van der Waals surface area contributed by atoms with E-state index in [-0.39, 0.29) is 28.7 Å². The van der Waals surface area contributed by atoms with E-state index in [1.54, 1.807) is 47.8 Å². The second kappa shape index (κ2) is 14.3. The molecule has 0 saturated heterocycles. The Labute approximate surface area is 216 Å². The van der Waals surface area contributed by atoms with Crippen LogP contribution in [0.5, 0.6) is 11.5 Å². The molecular formula is C27H36N2O4S2. The van der Waals surface area contributed by atoms with Gasteiger partial charge < -0.3 is 20.8 Å². The highest BCUT2D eigenvalue weighted by molar-refractivity contribution is 7.99. The Morgan fingerprint density at radius 3 is 1.51 bits per heavy atom. The van der Waals surface area contributed by atoms with Crippen molar-refractivity contribution in [3.8, 4) is 11.5 Å². The van der Waals surface area contributed by atoms with E-state index in [0.717, 1.165) is 59.8 Å². The average molecular weight is 517 g/mol. The molecule has 1 fully saturated rings. The molecule has 2 aromatic carbocycles. The summed E-state index contributed by atoms with van der Waals surface area (Å²) in [6.45, 7) is 1.26. The summed E-state index contributed by atoms with van der Waals surface area (Å²) in [5, 5.41) is 24.8. The number of phenols is 2. The van der Waals surface area contributed by atoms with Crippen LogP contribution in [0.1, 0.15) is 51.4 Å². The standard InChI is InChI=1S/C27H36N2O4S2/c30-21-5-9-23(10-6-21)34-17-3-15-28-25(32)19-27(13-1-2-14-27)20-26(33)29-16-4-18-35-24-11-7-22(31)8-12-24/h5-12,30-31H,1-4,13-20H2,(H,28,32)(H,29,33). The molecule has 1 aliphatic carbocycles. The van der Waals surface area contributed by atoms with E-state index in [9.17, 15) is 19.8 Å². The highest BCUT2D eigenvalue weighted by atomic mass is 32.2. The molecule has 1 saturated carbocycles. The quantitative estimate of drug-likeness (QED) is 0.200. The number of phenolic OH excluding ortho intramolecular Hbond substituents is 2. The number of rotatable bonds is 14. The molecule has 4 N–H and O–H groups in total. The van der Waals surface area contributed by atoms with Crippen LogP contribution in [-0.2, 0) is 9.59 Å². The first kappa shape index (κ1) is 27.3. The van der Waals surface area contributed by atoms with Crippen LogP contribution in [0, 0.1) is 5.41 Å². The van der Waals surface area contributed by atoms with Crippen molar-refractivity contribution in [1.29, 1.82) is 0 Å². The van der Waals surface area contributed by atoms with Crippen molar-refractivity contribution >= 4 is 35.3 Å². The minimum absolute atomic E-state index is 0.0413. The molecule has 2 amide bonds. The molecule has 0 aromatic heterocycles. The zero-order chi connectivity index (χ0) is 24.9. The number of carbonyl (C=O) groups excluding carboxylic acids is 2. The van der Waals surface area contributed by atoms with Crippen molar-refractivity contribution < 1.29 is 19.8 Å². The van der Waals surface area contributed by atoms with Gasteiger partial charge in [-0.3, -0.25) is 9.59 Å². The molecular weight excluding hydrogens is 480 g/mol. The lowest BCUT2D eigenvalue weighted by Gasteiger charge is -2.27. The summed E-state index contributed by atoms with van der Waals surface area (Å²) in [7, 11) is 0. The number of hydrogen-bond acceptors (Lipinski definition) is 6. The first-order chi connectivity index (χ1) is 16.9. The van der Waals surface area contributed by atoms with Gasteiger partial charge in [0, 0.05) is 35.7 Å². The first-order valence-electron chi connectivity index (χ1n) is 12.3. The highest BCUT2D eigenvalue weighted by Gasteiger charge is 2.37. The van der Waals surface area contributed by atoms with E-state index >= 15 is 0 Å². The Balaban J connectivity index is 1.30. The Bertz CT molecular complexity index is 858. The summed E-state index contributed by atoms with van der Waals surface area (Å²) in [4.78, 5) is 27.4. The maximum atomic E-state index is 12.6. The molecule has 0 atom stereocenters. The Kier molecular flexibility index (Phi) is 11.1. The maximum absolute atomic E-state index is 12.6. The van der Waals surface area contributed by atoms with E-state index in [4.69, 9.17) is 0 Å². The van der Waals surface area contributed by atoms with Crippen LogP contribution in [0.25, 0.3) is 0 Å². The maximum Gasteiger partial charge on any atom is 0.220 e. The van der Waals surface area contributed by atoms with Crippen molar-refractivity contribution in [3.63, 3.8) is 0 Å². The van der Waals surface area contributed by atoms with Crippen molar-refractivity contribution in [2.24, 2.45) is 5.41 Å². The van der Waals surface area contributed by atoms with Crippen LogP contribution >= 0.6 is 23.5 Å². The van der Waals surface area contributed by atoms with Crippen molar-refractivity contribution in [1.82, 2.24) is 10.6 Å². The molecule has 190 valence electrons. The summed E-state index contributed by atoms with van der Waals surface area (Å²) < 4.78 is 0. The molecule has 0 bridgehead atoms. The molecule has 1 aliphatic rings. The lowest BCUT2D eigenvalue weighted by molar-refractivity contribution is -0.126. The Hall–Kier alpha value is -2.32. The molecule has 6 nitrogen and oxygen atoms in total. The van der Waals surface area contributed by atoms with E-state index in [1.165, 1.54) is 0 Å². The number of amides is 2. The van der Waals surface area contributed by atoms with E-state index < -0.39 is 0 Å². The van der Waals surface area contributed by atoms with Gasteiger partial charge in [-0.05, 0) is 91.1 Å². The summed E-state index contributed by atoms with van der Waals surface area (Å²) >= 11 is 3.41. The predicted molar refractivity (Wildman–Crippen MR) is 143 cm³/mol. The van der Waals surface area contributed by atoms with Gasteiger partial charge in [-0.15, -0.1) is 23.5 Å². The van der Waals surface area contributed by atoms with Crippen molar-refractivity contribution in [2.45, 2.75) is 61.2 Å². The number of aromatic hydroxyl groups is 2. The highest BCUT2D eigenvalue weighted by Crippen LogP contribution is 2.44. The van der Waals surface area contributed by atoms with E-state index in [1.807, 2.05) is 24.3 Å². The van der Waals surface area contributed by atoms with E-state index in [2.05, 4.69) is 10.6 Å². The van der Waals surface area contributed by atoms with Crippen molar-refractivity contribution in [3.05, 3.63) is 48.5 Å². The zero-order valence-corrected chi connectivity index (χ0v) is 21.8. The van der Waals surface area contributed by atoms with Crippen LogP contribution in [0.3, 0.4) is 0 Å². The summed E-state index contributed by atoms with van der Waals surface area (Å²) in [5.74, 6) is 2.40. The minimum Gasteiger partial charge on any atom is -0.508 e. The minimum atomic E-state index is -0.213. The smallest absolute Gasteiger partial charge is 0.220 e. The molecule has 0 spiro atoms. The largest absolute Gasteiger partial charge is 0.508 e. The van der Waals surface area contributed by atoms with Gasteiger partial charge in [-0.2, -0.15) is 0 Å². The van der Waals surface area contributed by atoms with Gasteiger partial charge in [-0.1, -0.05) is 12.8 Å². The zero-order valence-electron chi connectivity index (χ0n) is 20.1. The fraction of sp³-hybridized carbons (Fsp3) is 0.481. The monoisotopic (exact) mass is 516 g/mol. The molecule has 8 heteroatoms. The average Bonchev–Trinajstić information content (AvgIpc) is 3.28. The molecule has 0 heterocycles. The molecule has 0 radical (unpaired) electrons. The Morgan fingerprint density at radius 2 is 1.11 bits per heavy atom. The fourth-order valence-corrected chi connectivity index (χ4v) is 6.12. The molecule has 2 aromatic rings. The van der Waals surface area contributed by atoms with E-state index in [0.29, 0.717) is 25.9 Å². The third-order valence-corrected chi connectivity index (χ3v) is 8.43. The SMILES string of the molecule is O=C(CC1(CC(=O)NCCCSc2ccc(O)cc2)CCCC1)NCCCSc1ccc(O)cc1. The van der Waals surface area contributed by atoms with Crippen LogP contribution < -0.4 is 10.6 Å². The second-order valence-corrected chi connectivity index (χ2v) is 11.5. The van der Waals surface area contributed by atoms with Gasteiger partial charge in [0.1, 0.15) is 11.5 Å². The summed E-state index contributed by atoms with van der Waals surface area (Å²) in [6.07, 6.45) is 6.59. The molecule has 0 aliphatic heterocycles. The van der Waals surface area contributed by atoms with Gasteiger partial charge >= 0.3 is 0 Å². The number of carbonyl (C=O) groups is 2. The van der Waals surface area contributed by atoms with Gasteiger partial charge in [0.25, 0.3) is 0 Å². The number of nitrogens with one attached hydrogen (secondary N) is 2. The summed E-state index contributed by atoms with van der Waals surface area (Å²) in [5.41, 5.74) is -0.213. The Morgan fingerprint density at radius 1 is 0.714 bits per heavy atom. The van der Waals surface area contributed by atoms with Crippen LogP contribution in [0.15, 0.2) is 58.3 Å². The molecule has 35 heavy (non-hydrogen) atoms. The third-order valence-electron chi connectivity index (χ3n) is 6.23. The normalized spacial score (nSPS) is 14.5. The van der Waals surface area contributed by atoms with Crippen LogP contribution in [0.2, 0.25) is 0 Å². The topological polar surface area (TPSA) is 98.7 Å². The van der Waals surface area contributed by atoms with Crippen LogP contribution in [-0.4, -0.2) is 46.6 Å². The molecule has 3 rings (SSSR count). The lowest BCUT2D eigenvalue weighted by atomic mass is 9.79. The number of thioether (sulfide) groups is 2. The third kappa shape index (κ3) is 10.1. The van der Waals surface area contributed by atoms with Gasteiger partial charge in [0.2, 0.25) is 11.8 Å².